The monoisotopic (exact) mass is 364 g/mol. The summed E-state index contributed by atoms with van der Waals surface area (Å²) >= 11 is 1.24. The molecule has 1 fully saturated rings. The SMILES string of the molecule is CCOCc1nnc(NC(=O)[C@H]2CC(=O)N(c3ccc(F)cc3)C2)s1. The maximum Gasteiger partial charge on any atom is 0.231 e. The first-order chi connectivity index (χ1) is 12.1. The van der Waals surface area contributed by atoms with Crippen LogP contribution >= 0.6 is 11.3 Å². The van der Waals surface area contributed by atoms with Gasteiger partial charge in [0.15, 0.2) is 0 Å². The second-order valence-corrected chi connectivity index (χ2v) is 6.57. The summed E-state index contributed by atoms with van der Waals surface area (Å²) in [7, 11) is 0. The van der Waals surface area contributed by atoms with Crippen molar-refractivity contribution < 1.29 is 18.7 Å². The molecule has 0 aliphatic carbocycles. The molecule has 0 unspecified atom stereocenters. The van der Waals surface area contributed by atoms with Crippen LogP contribution in [0.25, 0.3) is 0 Å². The van der Waals surface area contributed by atoms with Crippen molar-refractivity contribution in [1.29, 1.82) is 0 Å². The van der Waals surface area contributed by atoms with Crippen molar-refractivity contribution in [3.63, 3.8) is 0 Å². The molecule has 1 aromatic carbocycles. The van der Waals surface area contributed by atoms with Crippen LogP contribution in [0.4, 0.5) is 15.2 Å². The average Bonchev–Trinajstić information content (AvgIpc) is 3.20. The molecule has 1 aliphatic rings. The number of ether oxygens (including phenoxy) is 1. The number of aromatic nitrogens is 2. The first-order valence-corrected chi connectivity index (χ1v) is 8.65. The second kappa shape index (κ2) is 7.66. The van der Waals surface area contributed by atoms with E-state index in [2.05, 4.69) is 15.5 Å². The van der Waals surface area contributed by atoms with Crippen LogP contribution in [0.15, 0.2) is 24.3 Å². The molecule has 1 N–H and O–H groups in total. The van der Waals surface area contributed by atoms with Crippen LogP contribution in [-0.2, 0) is 20.9 Å². The van der Waals surface area contributed by atoms with Crippen molar-refractivity contribution in [1.82, 2.24) is 10.2 Å². The lowest BCUT2D eigenvalue weighted by Crippen LogP contribution is -2.28. The van der Waals surface area contributed by atoms with Crippen molar-refractivity contribution >= 4 is 34.0 Å². The number of halogens is 1. The van der Waals surface area contributed by atoms with Crippen molar-refractivity contribution in [2.75, 3.05) is 23.4 Å². The van der Waals surface area contributed by atoms with Crippen LogP contribution in [0.1, 0.15) is 18.4 Å². The number of benzene rings is 1. The summed E-state index contributed by atoms with van der Waals surface area (Å²) in [6.07, 6.45) is 0.105. The Morgan fingerprint density at radius 2 is 2.16 bits per heavy atom. The van der Waals surface area contributed by atoms with E-state index in [0.29, 0.717) is 29.0 Å². The van der Waals surface area contributed by atoms with Gasteiger partial charge in [0.05, 0.1) is 5.92 Å². The molecule has 1 saturated heterocycles. The van der Waals surface area contributed by atoms with Gasteiger partial charge < -0.3 is 15.0 Å². The van der Waals surface area contributed by atoms with Crippen molar-refractivity contribution in [3.05, 3.63) is 35.1 Å². The fourth-order valence-corrected chi connectivity index (χ4v) is 3.19. The third-order valence-electron chi connectivity index (χ3n) is 3.76. The maximum absolute atomic E-state index is 13.0. The number of amides is 2. The van der Waals surface area contributed by atoms with E-state index in [1.54, 1.807) is 0 Å². The lowest BCUT2D eigenvalue weighted by atomic mass is 10.1. The van der Waals surface area contributed by atoms with E-state index in [0.717, 1.165) is 0 Å². The van der Waals surface area contributed by atoms with Gasteiger partial charge in [-0.05, 0) is 31.2 Å². The van der Waals surface area contributed by atoms with Crippen LogP contribution in [0.5, 0.6) is 0 Å². The Balaban J connectivity index is 1.60. The molecule has 25 heavy (non-hydrogen) atoms. The first kappa shape index (κ1) is 17.4. The summed E-state index contributed by atoms with van der Waals surface area (Å²) < 4.78 is 18.2. The Kier molecular flexibility index (Phi) is 5.34. The van der Waals surface area contributed by atoms with Gasteiger partial charge in [-0.3, -0.25) is 9.59 Å². The number of nitrogens with one attached hydrogen (secondary N) is 1. The molecule has 9 heteroatoms. The van der Waals surface area contributed by atoms with Crippen LogP contribution < -0.4 is 10.2 Å². The number of nitrogens with zero attached hydrogens (tertiary/aromatic N) is 3. The normalized spacial score (nSPS) is 17.1. The number of rotatable bonds is 6. The highest BCUT2D eigenvalue weighted by molar-refractivity contribution is 7.15. The molecule has 1 aliphatic heterocycles. The quantitative estimate of drug-likeness (QED) is 0.849. The van der Waals surface area contributed by atoms with E-state index >= 15 is 0 Å². The number of hydrogen-bond acceptors (Lipinski definition) is 6. The van der Waals surface area contributed by atoms with Gasteiger partial charge in [0.25, 0.3) is 0 Å². The molecule has 2 aromatic rings. The standard InChI is InChI=1S/C16H17FN4O3S/c1-2-24-9-13-19-20-16(25-13)18-15(23)10-7-14(22)21(8-10)12-5-3-11(17)4-6-12/h3-6,10H,2,7-9H2,1H3,(H,18,20,23)/t10-/m0/s1. The number of hydrogen-bond donors (Lipinski definition) is 1. The molecule has 2 amide bonds. The van der Waals surface area contributed by atoms with E-state index < -0.39 is 5.92 Å². The Bertz CT molecular complexity index is 765. The molecule has 2 heterocycles. The van der Waals surface area contributed by atoms with Crippen molar-refractivity contribution in [2.45, 2.75) is 20.0 Å². The molecule has 7 nitrogen and oxygen atoms in total. The predicted octanol–water partition coefficient (Wildman–Crippen LogP) is 2.21. The zero-order valence-electron chi connectivity index (χ0n) is 13.6. The Labute approximate surface area is 147 Å². The summed E-state index contributed by atoms with van der Waals surface area (Å²) in [6, 6.07) is 5.63. The van der Waals surface area contributed by atoms with Gasteiger partial charge in [0, 0.05) is 25.3 Å². The van der Waals surface area contributed by atoms with E-state index in [-0.39, 0.29) is 30.6 Å². The largest absolute Gasteiger partial charge is 0.374 e. The third kappa shape index (κ3) is 4.18. The van der Waals surface area contributed by atoms with E-state index in [1.807, 2.05) is 6.92 Å². The smallest absolute Gasteiger partial charge is 0.231 e. The van der Waals surface area contributed by atoms with Gasteiger partial charge in [0.1, 0.15) is 17.4 Å². The fraction of sp³-hybridized carbons (Fsp3) is 0.375. The molecule has 0 radical (unpaired) electrons. The molecule has 3 rings (SSSR count). The summed E-state index contributed by atoms with van der Waals surface area (Å²) in [4.78, 5) is 26.0. The molecule has 0 bridgehead atoms. The lowest BCUT2D eigenvalue weighted by molar-refractivity contribution is -0.122. The summed E-state index contributed by atoms with van der Waals surface area (Å²) in [5.41, 5.74) is 0.580. The van der Waals surface area contributed by atoms with Gasteiger partial charge in [-0.25, -0.2) is 4.39 Å². The Hall–Kier alpha value is -2.39. The van der Waals surface area contributed by atoms with Crippen LogP contribution in [0.3, 0.4) is 0 Å². The second-order valence-electron chi connectivity index (χ2n) is 5.51. The van der Waals surface area contributed by atoms with Crippen molar-refractivity contribution in [2.24, 2.45) is 5.92 Å². The lowest BCUT2D eigenvalue weighted by Gasteiger charge is -2.16. The van der Waals surface area contributed by atoms with E-state index in [1.165, 1.54) is 40.5 Å². The minimum Gasteiger partial charge on any atom is -0.374 e. The Morgan fingerprint density at radius 1 is 1.40 bits per heavy atom. The summed E-state index contributed by atoms with van der Waals surface area (Å²) in [5.74, 6) is -1.31. The number of anilines is 2. The summed E-state index contributed by atoms with van der Waals surface area (Å²) in [5, 5.41) is 11.6. The molecular formula is C16H17FN4O3S. The number of carbonyl (C=O) groups is 2. The molecule has 0 saturated carbocycles. The predicted molar refractivity (Wildman–Crippen MR) is 90.7 cm³/mol. The molecule has 1 aromatic heterocycles. The molecule has 1 atom stereocenters. The third-order valence-corrected chi connectivity index (χ3v) is 4.57. The first-order valence-electron chi connectivity index (χ1n) is 7.83. The Morgan fingerprint density at radius 3 is 2.88 bits per heavy atom. The molecule has 0 spiro atoms. The van der Waals surface area contributed by atoms with Gasteiger partial charge in [0.2, 0.25) is 16.9 Å². The van der Waals surface area contributed by atoms with Gasteiger partial charge in [-0.1, -0.05) is 11.3 Å². The highest BCUT2D eigenvalue weighted by Crippen LogP contribution is 2.26. The van der Waals surface area contributed by atoms with E-state index in [4.69, 9.17) is 4.74 Å². The van der Waals surface area contributed by atoms with Gasteiger partial charge in [-0.2, -0.15) is 0 Å². The fourth-order valence-electron chi connectivity index (χ4n) is 2.51. The molecular weight excluding hydrogens is 347 g/mol. The minimum atomic E-state index is -0.489. The van der Waals surface area contributed by atoms with Crippen LogP contribution in [0, 0.1) is 11.7 Å². The van der Waals surface area contributed by atoms with Crippen LogP contribution in [-0.4, -0.2) is 35.2 Å². The summed E-state index contributed by atoms with van der Waals surface area (Å²) in [6.45, 7) is 3.06. The average molecular weight is 364 g/mol. The zero-order chi connectivity index (χ0) is 17.8. The maximum atomic E-state index is 13.0. The molecule has 132 valence electrons. The zero-order valence-corrected chi connectivity index (χ0v) is 14.4. The topological polar surface area (TPSA) is 84.4 Å². The van der Waals surface area contributed by atoms with Crippen LogP contribution in [0.2, 0.25) is 0 Å². The highest BCUT2D eigenvalue weighted by Gasteiger charge is 2.35. The van der Waals surface area contributed by atoms with Gasteiger partial charge in [-0.15, -0.1) is 10.2 Å². The van der Waals surface area contributed by atoms with E-state index in [9.17, 15) is 14.0 Å². The minimum absolute atomic E-state index is 0.105. The number of carbonyl (C=O) groups excluding carboxylic acids is 2. The highest BCUT2D eigenvalue weighted by atomic mass is 32.1. The van der Waals surface area contributed by atoms with Crippen molar-refractivity contribution in [3.8, 4) is 0 Å². The van der Waals surface area contributed by atoms with Gasteiger partial charge >= 0.3 is 0 Å².